The number of carbonyl (C=O) groups is 1. The molecule has 0 saturated heterocycles. The van der Waals surface area contributed by atoms with Crippen LogP contribution >= 0.6 is 0 Å². The van der Waals surface area contributed by atoms with Gasteiger partial charge < -0.3 is 10.1 Å². The average Bonchev–Trinajstić information content (AvgIpc) is 2.70. The van der Waals surface area contributed by atoms with Crippen molar-refractivity contribution in [3.05, 3.63) is 69.9 Å². The maximum atomic E-state index is 12.0. The Morgan fingerprint density at radius 1 is 1.25 bits per heavy atom. The Hall–Kier alpha value is -3.22. The highest BCUT2D eigenvalue weighted by Gasteiger charge is 2.11. The number of esters is 1. The van der Waals surface area contributed by atoms with E-state index < -0.39 is 10.9 Å². The van der Waals surface area contributed by atoms with E-state index in [4.69, 9.17) is 4.74 Å². The second kappa shape index (κ2) is 10.2. The molecule has 2 aromatic rings. The molecule has 0 bridgehead atoms. The van der Waals surface area contributed by atoms with Gasteiger partial charge in [-0.1, -0.05) is 45.0 Å². The van der Waals surface area contributed by atoms with Crippen LogP contribution < -0.4 is 5.32 Å². The Kier molecular flexibility index (Phi) is 7.68. The molecule has 7 heteroatoms. The third-order valence-electron chi connectivity index (χ3n) is 4.25. The zero-order valence-electron chi connectivity index (χ0n) is 16.3. The van der Waals surface area contributed by atoms with E-state index in [1.807, 2.05) is 31.2 Å². The van der Waals surface area contributed by atoms with Gasteiger partial charge in [-0.15, -0.1) is 0 Å². The van der Waals surface area contributed by atoms with Gasteiger partial charge in [0.2, 0.25) is 0 Å². The Balaban J connectivity index is 1.84. The zero-order valence-corrected chi connectivity index (χ0v) is 16.3. The van der Waals surface area contributed by atoms with Crippen LogP contribution in [0.1, 0.15) is 44.2 Å². The number of pyridine rings is 1. The summed E-state index contributed by atoms with van der Waals surface area (Å²) in [6, 6.07) is 10.8. The van der Waals surface area contributed by atoms with Crippen molar-refractivity contribution in [1.82, 2.24) is 4.98 Å². The van der Waals surface area contributed by atoms with Gasteiger partial charge in [0.1, 0.15) is 18.6 Å². The molecule has 1 unspecified atom stereocenters. The van der Waals surface area contributed by atoms with Gasteiger partial charge in [-0.05, 0) is 35.6 Å². The van der Waals surface area contributed by atoms with E-state index in [-0.39, 0.29) is 18.3 Å². The van der Waals surface area contributed by atoms with E-state index in [0.29, 0.717) is 18.2 Å². The van der Waals surface area contributed by atoms with Crippen LogP contribution in [0.2, 0.25) is 0 Å². The van der Waals surface area contributed by atoms with Crippen molar-refractivity contribution in [2.24, 2.45) is 0 Å². The van der Waals surface area contributed by atoms with E-state index >= 15 is 0 Å². The maximum Gasteiger partial charge on any atom is 0.330 e. The van der Waals surface area contributed by atoms with Gasteiger partial charge in [0, 0.05) is 12.1 Å². The van der Waals surface area contributed by atoms with Gasteiger partial charge in [0.15, 0.2) is 0 Å². The summed E-state index contributed by atoms with van der Waals surface area (Å²) < 4.78 is 5.29. The fraction of sp³-hybridized carbons (Fsp3) is 0.333. The second-order valence-electron chi connectivity index (χ2n) is 6.69. The van der Waals surface area contributed by atoms with Gasteiger partial charge in [0.05, 0.1) is 11.0 Å². The first-order chi connectivity index (χ1) is 13.4. The molecule has 0 radical (unpaired) electrons. The van der Waals surface area contributed by atoms with Crippen LogP contribution in [-0.4, -0.2) is 28.5 Å². The van der Waals surface area contributed by atoms with Crippen LogP contribution in [0, 0.1) is 10.1 Å². The molecule has 1 heterocycles. The number of anilines is 1. The van der Waals surface area contributed by atoms with Crippen molar-refractivity contribution in [2.45, 2.75) is 39.2 Å². The van der Waals surface area contributed by atoms with Crippen LogP contribution in [0.15, 0.2) is 48.7 Å². The van der Waals surface area contributed by atoms with Crippen LogP contribution in [0.5, 0.6) is 0 Å². The first-order valence-electron chi connectivity index (χ1n) is 9.20. The second-order valence-corrected chi connectivity index (χ2v) is 6.69. The molecular weight excluding hydrogens is 358 g/mol. The van der Waals surface area contributed by atoms with Crippen molar-refractivity contribution >= 4 is 23.6 Å². The minimum atomic E-state index is -0.501. The predicted octanol–water partition coefficient (Wildman–Crippen LogP) is 4.56. The number of benzene rings is 1. The highest BCUT2D eigenvalue weighted by Crippen LogP contribution is 2.16. The molecule has 28 heavy (non-hydrogen) atoms. The minimum Gasteiger partial charge on any atom is -0.460 e. The Morgan fingerprint density at radius 2 is 1.96 bits per heavy atom. The van der Waals surface area contributed by atoms with E-state index in [0.717, 1.165) is 5.56 Å². The number of hydrogen-bond donors (Lipinski definition) is 1. The Labute approximate surface area is 164 Å². The number of nitrogens with one attached hydrogen (secondary N) is 1. The lowest BCUT2D eigenvalue weighted by Gasteiger charge is -2.16. The molecule has 1 aromatic heterocycles. The van der Waals surface area contributed by atoms with Crippen molar-refractivity contribution in [3.8, 4) is 0 Å². The molecule has 0 aliphatic rings. The van der Waals surface area contributed by atoms with Crippen LogP contribution in [0.3, 0.4) is 0 Å². The molecule has 0 saturated carbocycles. The molecule has 0 fully saturated rings. The van der Waals surface area contributed by atoms with Gasteiger partial charge >= 0.3 is 5.97 Å². The topological polar surface area (TPSA) is 94.4 Å². The largest absolute Gasteiger partial charge is 0.460 e. The van der Waals surface area contributed by atoms with E-state index in [2.05, 4.69) is 24.1 Å². The lowest BCUT2D eigenvalue weighted by Crippen LogP contribution is -2.26. The number of ether oxygens (including phenoxy) is 1. The minimum absolute atomic E-state index is 0.0726. The molecule has 0 aliphatic heterocycles. The number of aromatic nitrogens is 1. The van der Waals surface area contributed by atoms with Crippen molar-refractivity contribution < 1.29 is 14.5 Å². The van der Waals surface area contributed by atoms with Gasteiger partial charge in [-0.2, -0.15) is 0 Å². The van der Waals surface area contributed by atoms with Crippen LogP contribution in [0.25, 0.3) is 6.08 Å². The number of nitrogens with zero attached hydrogens (tertiary/aromatic N) is 2. The summed E-state index contributed by atoms with van der Waals surface area (Å²) in [6.07, 6.45) is 5.01. The molecular formula is C21H25N3O4. The summed E-state index contributed by atoms with van der Waals surface area (Å²) in [7, 11) is 0. The van der Waals surface area contributed by atoms with Crippen molar-refractivity contribution in [1.29, 1.82) is 0 Å². The lowest BCUT2D eigenvalue weighted by molar-refractivity contribution is -0.385. The van der Waals surface area contributed by atoms with Crippen molar-refractivity contribution in [2.75, 3.05) is 11.9 Å². The standard InChI is InChI=1S/C21H25N3O4/c1-4-18(23-20-11-10-19(13-22-20)24(26)27)14-28-21(25)12-7-16-5-8-17(9-6-16)15(2)3/h5-13,15,18H,4,14H2,1-3H3,(H,22,23)/b12-7+. The average molecular weight is 383 g/mol. The fourth-order valence-electron chi connectivity index (χ4n) is 2.44. The number of carbonyl (C=O) groups excluding carboxylic acids is 1. The predicted molar refractivity (Wildman–Crippen MR) is 109 cm³/mol. The number of hydrogen-bond acceptors (Lipinski definition) is 6. The number of rotatable bonds is 9. The van der Waals surface area contributed by atoms with Crippen LogP contribution in [-0.2, 0) is 9.53 Å². The molecule has 148 valence electrons. The summed E-state index contributed by atoms with van der Waals surface area (Å²) in [4.78, 5) is 26.1. The first-order valence-corrected chi connectivity index (χ1v) is 9.20. The molecule has 7 nitrogen and oxygen atoms in total. The smallest absolute Gasteiger partial charge is 0.330 e. The summed E-state index contributed by atoms with van der Waals surface area (Å²) in [5, 5.41) is 13.8. The molecule has 1 N–H and O–H groups in total. The van der Waals surface area contributed by atoms with E-state index in [1.165, 1.54) is 30.0 Å². The molecule has 2 rings (SSSR count). The van der Waals surface area contributed by atoms with Gasteiger partial charge in [-0.3, -0.25) is 10.1 Å². The monoisotopic (exact) mass is 383 g/mol. The zero-order chi connectivity index (χ0) is 20.5. The molecule has 0 amide bonds. The quantitative estimate of drug-likeness (QED) is 0.295. The maximum absolute atomic E-state index is 12.0. The summed E-state index contributed by atoms with van der Waals surface area (Å²) in [5.74, 6) is 0.533. The van der Waals surface area contributed by atoms with Crippen molar-refractivity contribution in [3.63, 3.8) is 0 Å². The molecule has 0 spiro atoms. The highest BCUT2D eigenvalue weighted by atomic mass is 16.6. The number of nitro groups is 1. The first kappa shape index (κ1) is 21.1. The van der Waals surface area contributed by atoms with E-state index in [9.17, 15) is 14.9 Å². The van der Waals surface area contributed by atoms with Gasteiger partial charge in [0.25, 0.3) is 5.69 Å². The summed E-state index contributed by atoms with van der Waals surface area (Å²) >= 11 is 0. The van der Waals surface area contributed by atoms with Crippen LogP contribution in [0.4, 0.5) is 11.5 Å². The third-order valence-corrected chi connectivity index (χ3v) is 4.25. The summed E-state index contributed by atoms with van der Waals surface area (Å²) in [5.41, 5.74) is 2.11. The third kappa shape index (κ3) is 6.50. The summed E-state index contributed by atoms with van der Waals surface area (Å²) in [6.45, 7) is 6.38. The fourth-order valence-corrected chi connectivity index (χ4v) is 2.44. The highest BCUT2D eigenvalue weighted by molar-refractivity contribution is 5.87. The molecule has 0 aliphatic carbocycles. The SMILES string of the molecule is CCC(COC(=O)/C=C/c1ccc(C(C)C)cc1)Nc1ccc([N+](=O)[O-])cn1. The normalized spacial score (nSPS) is 12.1. The lowest BCUT2D eigenvalue weighted by atomic mass is 10.0. The van der Waals surface area contributed by atoms with Gasteiger partial charge in [-0.25, -0.2) is 9.78 Å². The molecule has 1 atom stereocenters. The van der Waals surface area contributed by atoms with E-state index in [1.54, 1.807) is 6.08 Å². The Bertz CT molecular complexity index is 815. The molecule has 1 aromatic carbocycles. The Morgan fingerprint density at radius 3 is 2.50 bits per heavy atom.